The van der Waals surface area contributed by atoms with Gasteiger partial charge in [0.05, 0.1) is 6.61 Å². The molecule has 136 valence electrons. The summed E-state index contributed by atoms with van der Waals surface area (Å²) < 4.78 is 5.49. The SMILES string of the molecule is CCOCc1ccccc1CNC(=O)CC(C)C1CCNCC1.Cl. The molecule has 1 aliphatic rings. The second-order valence-corrected chi connectivity index (χ2v) is 6.45. The van der Waals surface area contributed by atoms with Crippen LogP contribution in [0, 0.1) is 11.8 Å². The van der Waals surface area contributed by atoms with Crippen molar-refractivity contribution < 1.29 is 9.53 Å². The lowest BCUT2D eigenvalue weighted by molar-refractivity contribution is -0.122. The normalized spacial score (nSPS) is 16.2. The van der Waals surface area contributed by atoms with Crippen LogP contribution in [0.1, 0.15) is 44.2 Å². The van der Waals surface area contributed by atoms with Gasteiger partial charge in [0.2, 0.25) is 5.91 Å². The van der Waals surface area contributed by atoms with E-state index >= 15 is 0 Å². The lowest BCUT2D eigenvalue weighted by Gasteiger charge is -2.27. The number of halogens is 1. The number of nitrogens with one attached hydrogen (secondary N) is 2. The van der Waals surface area contributed by atoms with Crippen molar-refractivity contribution in [3.63, 3.8) is 0 Å². The zero-order valence-corrected chi connectivity index (χ0v) is 15.7. The van der Waals surface area contributed by atoms with E-state index < -0.39 is 0 Å². The highest BCUT2D eigenvalue weighted by Gasteiger charge is 2.21. The minimum Gasteiger partial charge on any atom is -0.377 e. The molecule has 0 radical (unpaired) electrons. The first-order valence-electron chi connectivity index (χ1n) is 8.82. The van der Waals surface area contributed by atoms with Crippen LogP contribution in [0.15, 0.2) is 24.3 Å². The molecular weight excluding hydrogens is 324 g/mol. The fraction of sp³-hybridized carbons (Fsp3) is 0.632. The topological polar surface area (TPSA) is 50.4 Å². The quantitative estimate of drug-likeness (QED) is 0.753. The van der Waals surface area contributed by atoms with Gasteiger partial charge in [-0.3, -0.25) is 4.79 Å². The van der Waals surface area contributed by atoms with E-state index in [-0.39, 0.29) is 18.3 Å². The number of rotatable bonds is 8. The third kappa shape index (κ3) is 6.80. The van der Waals surface area contributed by atoms with Gasteiger partial charge in [0.25, 0.3) is 0 Å². The fourth-order valence-electron chi connectivity index (χ4n) is 3.22. The monoisotopic (exact) mass is 354 g/mol. The summed E-state index contributed by atoms with van der Waals surface area (Å²) in [7, 11) is 0. The van der Waals surface area contributed by atoms with Gasteiger partial charge in [0, 0.05) is 19.6 Å². The Bertz CT molecular complexity index is 490. The number of piperidine rings is 1. The predicted octanol–water partition coefficient (Wildman–Crippen LogP) is 3.29. The smallest absolute Gasteiger partial charge is 0.220 e. The van der Waals surface area contributed by atoms with E-state index in [2.05, 4.69) is 29.7 Å². The van der Waals surface area contributed by atoms with Gasteiger partial charge < -0.3 is 15.4 Å². The van der Waals surface area contributed by atoms with E-state index in [1.54, 1.807) is 0 Å². The van der Waals surface area contributed by atoms with E-state index in [9.17, 15) is 4.79 Å². The molecule has 2 N–H and O–H groups in total. The van der Waals surface area contributed by atoms with Gasteiger partial charge >= 0.3 is 0 Å². The van der Waals surface area contributed by atoms with Crippen molar-refractivity contribution in [1.82, 2.24) is 10.6 Å². The first-order chi connectivity index (χ1) is 11.2. The van der Waals surface area contributed by atoms with Gasteiger partial charge in [-0.2, -0.15) is 0 Å². The number of ether oxygens (including phenoxy) is 1. The molecule has 1 aromatic carbocycles. The maximum atomic E-state index is 12.2. The summed E-state index contributed by atoms with van der Waals surface area (Å²) in [5.74, 6) is 1.28. The highest BCUT2D eigenvalue weighted by molar-refractivity contribution is 5.85. The van der Waals surface area contributed by atoms with E-state index in [0.29, 0.717) is 38.0 Å². The largest absolute Gasteiger partial charge is 0.377 e. The molecule has 1 heterocycles. The lowest BCUT2D eigenvalue weighted by atomic mass is 9.84. The van der Waals surface area contributed by atoms with Gasteiger partial charge in [0.1, 0.15) is 0 Å². The van der Waals surface area contributed by atoms with Crippen LogP contribution < -0.4 is 10.6 Å². The molecule has 0 saturated carbocycles. The maximum Gasteiger partial charge on any atom is 0.220 e. The van der Waals surface area contributed by atoms with Crippen LogP contribution in [0.4, 0.5) is 0 Å². The summed E-state index contributed by atoms with van der Waals surface area (Å²) in [5, 5.41) is 6.46. The van der Waals surface area contributed by atoms with E-state index in [1.807, 2.05) is 19.1 Å². The molecule has 2 rings (SSSR count). The number of hydrogen-bond acceptors (Lipinski definition) is 3. The van der Waals surface area contributed by atoms with Crippen LogP contribution in [0.5, 0.6) is 0 Å². The molecular formula is C19H31ClN2O2. The molecule has 1 amide bonds. The number of carbonyl (C=O) groups is 1. The second kappa shape index (κ2) is 11.5. The van der Waals surface area contributed by atoms with Crippen molar-refractivity contribution in [3.05, 3.63) is 35.4 Å². The number of benzene rings is 1. The van der Waals surface area contributed by atoms with Crippen molar-refractivity contribution >= 4 is 18.3 Å². The molecule has 1 saturated heterocycles. The van der Waals surface area contributed by atoms with Crippen LogP contribution in [0.3, 0.4) is 0 Å². The fourth-order valence-corrected chi connectivity index (χ4v) is 3.22. The summed E-state index contributed by atoms with van der Waals surface area (Å²) in [4.78, 5) is 12.2. The molecule has 0 aliphatic carbocycles. The average molecular weight is 355 g/mol. The molecule has 1 atom stereocenters. The summed E-state index contributed by atoms with van der Waals surface area (Å²) >= 11 is 0. The van der Waals surface area contributed by atoms with Crippen LogP contribution >= 0.6 is 12.4 Å². The molecule has 5 heteroatoms. The minimum atomic E-state index is 0. The first kappa shape index (κ1) is 20.9. The Morgan fingerprint density at radius 3 is 2.62 bits per heavy atom. The molecule has 0 bridgehead atoms. The Morgan fingerprint density at radius 1 is 1.29 bits per heavy atom. The number of amides is 1. The molecule has 4 nitrogen and oxygen atoms in total. The Hall–Kier alpha value is -1.10. The molecule has 0 spiro atoms. The Labute approximate surface area is 152 Å². The van der Waals surface area contributed by atoms with Gasteiger partial charge in [0.15, 0.2) is 0 Å². The van der Waals surface area contributed by atoms with Crippen LogP contribution in [-0.4, -0.2) is 25.6 Å². The van der Waals surface area contributed by atoms with Gasteiger partial charge in [-0.05, 0) is 55.8 Å². The maximum absolute atomic E-state index is 12.2. The predicted molar refractivity (Wildman–Crippen MR) is 100 cm³/mol. The van der Waals surface area contributed by atoms with Crippen molar-refractivity contribution in [1.29, 1.82) is 0 Å². The Morgan fingerprint density at radius 2 is 1.96 bits per heavy atom. The first-order valence-corrected chi connectivity index (χ1v) is 8.82. The van der Waals surface area contributed by atoms with Crippen molar-refractivity contribution in [3.8, 4) is 0 Å². The average Bonchev–Trinajstić information content (AvgIpc) is 2.59. The Kier molecular flexibility index (Phi) is 9.99. The second-order valence-electron chi connectivity index (χ2n) is 6.45. The zero-order chi connectivity index (χ0) is 16.5. The molecule has 1 unspecified atom stereocenters. The van der Waals surface area contributed by atoms with Gasteiger partial charge in [-0.25, -0.2) is 0 Å². The summed E-state index contributed by atoms with van der Waals surface area (Å²) in [6.45, 7) is 8.26. The van der Waals surface area contributed by atoms with Crippen molar-refractivity contribution in [2.24, 2.45) is 11.8 Å². The minimum absolute atomic E-state index is 0. The van der Waals surface area contributed by atoms with Crippen LogP contribution in [-0.2, 0) is 22.7 Å². The van der Waals surface area contributed by atoms with Gasteiger partial charge in [-0.1, -0.05) is 31.2 Å². The zero-order valence-electron chi connectivity index (χ0n) is 14.8. The Balaban J connectivity index is 0.00000288. The standard InChI is InChI=1S/C19H30N2O2.ClH/c1-3-23-14-18-7-5-4-6-17(18)13-21-19(22)12-15(2)16-8-10-20-11-9-16;/h4-7,15-16,20H,3,8-14H2,1-2H3,(H,21,22);1H. The summed E-state index contributed by atoms with van der Waals surface area (Å²) in [6, 6.07) is 8.15. The van der Waals surface area contributed by atoms with Crippen molar-refractivity contribution in [2.75, 3.05) is 19.7 Å². The third-order valence-corrected chi connectivity index (χ3v) is 4.75. The highest BCUT2D eigenvalue weighted by atomic mass is 35.5. The lowest BCUT2D eigenvalue weighted by Crippen LogP contribution is -2.33. The number of hydrogen-bond donors (Lipinski definition) is 2. The van der Waals surface area contributed by atoms with Crippen LogP contribution in [0.25, 0.3) is 0 Å². The summed E-state index contributed by atoms with van der Waals surface area (Å²) in [6.07, 6.45) is 3.00. The van der Waals surface area contributed by atoms with E-state index in [4.69, 9.17) is 4.74 Å². The van der Waals surface area contributed by atoms with E-state index in [0.717, 1.165) is 24.2 Å². The van der Waals surface area contributed by atoms with E-state index in [1.165, 1.54) is 12.8 Å². The van der Waals surface area contributed by atoms with Crippen LogP contribution in [0.2, 0.25) is 0 Å². The molecule has 24 heavy (non-hydrogen) atoms. The molecule has 1 aromatic rings. The van der Waals surface area contributed by atoms with Crippen molar-refractivity contribution in [2.45, 2.75) is 46.3 Å². The molecule has 0 aromatic heterocycles. The van der Waals surface area contributed by atoms with Gasteiger partial charge in [-0.15, -0.1) is 12.4 Å². The summed E-state index contributed by atoms with van der Waals surface area (Å²) in [5.41, 5.74) is 2.30. The third-order valence-electron chi connectivity index (χ3n) is 4.75. The molecule has 1 aliphatic heterocycles. The molecule has 1 fully saturated rings. The number of carbonyl (C=O) groups excluding carboxylic acids is 1. The highest BCUT2D eigenvalue weighted by Crippen LogP contribution is 2.24.